The maximum atomic E-state index is 12.6. The minimum absolute atomic E-state index is 0.0229. The molecule has 0 bridgehead atoms. The molecule has 116 valence electrons. The molecular weight excluding hydrogens is 295 g/mol. The van der Waals surface area contributed by atoms with Crippen LogP contribution < -0.4 is 0 Å². The second kappa shape index (κ2) is 5.15. The maximum absolute atomic E-state index is 12.6. The number of carbonyl (C=O) groups excluding carboxylic acids is 1. The summed E-state index contributed by atoms with van der Waals surface area (Å²) in [6, 6.07) is 4.90. The number of hydrogen-bond acceptors (Lipinski definition) is 2. The average molecular weight is 309 g/mol. The number of fused-ring (bicyclic) bond motifs is 1. The van der Waals surface area contributed by atoms with Crippen molar-refractivity contribution in [1.82, 2.24) is 15.1 Å². The first-order valence-corrected chi connectivity index (χ1v) is 6.85. The van der Waals surface area contributed by atoms with Crippen LogP contribution in [0.25, 0.3) is 11.3 Å². The van der Waals surface area contributed by atoms with Crippen molar-refractivity contribution in [2.45, 2.75) is 26.1 Å². The Kier molecular flexibility index (Phi) is 3.42. The first-order chi connectivity index (χ1) is 10.4. The zero-order valence-corrected chi connectivity index (χ0v) is 11.9. The smallest absolute Gasteiger partial charge is 0.338 e. The summed E-state index contributed by atoms with van der Waals surface area (Å²) in [6.45, 7) is 2.55. The average Bonchev–Trinajstić information content (AvgIpc) is 2.89. The number of amides is 1. The first-order valence-electron chi connectivity index (χ1n) is 6.85. The van der Waals surface area contributed by atoms with Crippen LogP contribution in [0.2, 0.25) is 0 Å². The summed E-state index contributed by atoms with van der Waals surface area (Å²) in [6.07, 6.45) is -3.68. The Bertz CT molecular complexity index is 704. The fourth-order valence-corrected chi connectivity index (χ4v) is 2.62. The summed E-state index contributed by atoms with van der Waals surface area (Å²) in [5.74, 6) is -0.0229. The Morgan fingerprint density at radius 1 is 1.27 bits per heavy atom. The van der Waals surface area contributed by atoms with E-state index in [1.807, 2.05) is 0 Å². The Hall–Kier alpha value is -2.31. The van der Waals surface area contributed by atoms with Gasteiger partial charge in [0.05, 0.1) is 11.3 Å². The van der Waals surface area contributed by atoms with E-state index in [2.05, 4.69) is 10.2 Å². The number of aromatic nitrogens is 2. The van der Waals surface area contributed by atoms with Crippen molar-refractivity contribution in [2.75, 3.05) is 6.54 Å². The number of benzene rings is 1. The van der Waals surface area contributed by atoms with Crippen molar-refractivity contribution in [2.24, 2.45) is 0 Å². The predicted molar refractivity (Wildman–Crippen MR) is 73.8 cm³/mol. The summed E-state index contributed by atoms with van der Waals surface area (Å²) in [5, 5.41) is 7.13. The number of carbonyl (C=O) groups is 1. The standard InChI is InChI=1S/C15H14F3N3O/c1-9(22)21-7-6-13-12(8-21)14(20-19-13)10-2-4-11(5-3-10)15(16,17)18/h2-5H,6-8H2,1H3,(H,19,20). The molecule has 1 aliphatic heterocycles. The lowest BCUT2D eigenvalue weighted by atomic mass is 10.00. The van der Waals surface area contributed by atoms with Crippen LogP contribution in [0.3, 0.4) is 0 Å². The van der Waals surface area contributed by atoms with E-state index in [0.29, 0.717) is 30.8 Å². The maximum Gasteiger partial charge on any atom is 0.416 e. The lowest BCUT2D eigenvalue weighted by Gasteiger charge is -2.25. The highest BCUT2D eigenvalue weighted by atomic mass is 19.4. The highest BCUT2D eigenvalue weighted by Gasteiger charge is 2.30. The van der Waals surface area contributed by atoms with Crippen LogP contribution in [-0.4, -0.2) is 27.5 Å². The van der Waals surface area contributed by atoms with Gasteiger partial charge in [-0.1, -0.05) is 12.1 Å². The summed E-state index contributed by atoms with van der Waals surface area (Å²) in [4.78, 5) is 13.2. The highest BCUT2D eigenvalue weighted by Crippen LogP contribution is 2.32. The monoisotopic (exact) mass is 309 g/mol. The van der Waals surface area contributed by atoms with Gasteiger partial charge in [-0.3, -0.25) is 9.89 Å². The topological polar surface area (TPSA) is 49.0 Å². The van der Waals surface area contributed by atoms with E-state index in [9.17, 15) is 18.0 Å². The van der Waals surface area contributed by atoms with Crippen molar-refractivity contribution in [3.63, 3.8) is 0 Å². The van der Waals surface area contributed by atoms with Gasteiger partial charge in [0.1, 0.15) is 0 Å². The zero-order valence-electron chi connectivity index (χ0n) is 11.9. The first kappa shape index (κ1) is 14.6. The van der Waals surface area contributed by atoms with Gasteiger partial charge in [0.15, 0.2) is 0 Å². The number of rotatable bonds is 1. The number of H-pyrrole nitrogens is 1. The Morgan fingerprint density at radius 2 is 1.95 bits per heavy atom. The van der Waals surface area contributed by atoms with Crippen LogP contribution in [0.15, 0.2) is 24.3 Å². The third-order valence-corrected chi connectivity index (χ3v) is 3.86. The molecule has 22 heavy (non-hydrogen) atoms. The van der Waals surface area contributed by atoms with E-state index in [1.165, 1.54) is 19.1 Å². The molecule has 0 saturated carbocycles. The van der Waals surface area contributed by atoms with Gasteiger partial charge < -0.3 is 4.90 Å². The SMILES string of the molecule is CC(=O)N1CCc2[nH]nc(-c3ccc(C(F)(F)F)cc3)c2C1. The number of aromatic amines is 1. The fraction of sp³-hybridized carbons (Fsp3) is 0.333. The molecule has 0 aliphatic carbocycles. The highest BCUT2D eigenvalue weighted by molar-refractivity contribution is 5.74. The van der Waals surface area contributed by atoms with E-state index < -0.39 is 11.7 Å². The number of nitrogens with zero attached hydrogens (tertiary/aromatic N) is 2. The number of halogens is 3. The summed E-state index contributed by atoms with van der Waals surface area (Å²) in [7, 11) is 0. The van der Waals surface area contributed by atoms with Crippen LogP contribution in [0.5, 0.6) is 0 Å². The molecule has 2 heterocycles. The van der Waals surface area contributed by atoms with Crippen LogP contribution in [-0.2, 0) is 23.9 Å². The second-order valence-corrected chi connectivity index (χ2v) is 5.30. The molecule has 2 aromatic rings. The van der Waals surface area contributed by atoms with Crippen LogP contribution in [0.1, 0.15) is 23.7 Å². The molecule has 1 amide bonds. The van der Waals surface area contributed by atoms with E-state index in [-0.39, 0.29) is 5.91 Å². The summed E-state index contributed by atoms with van der Waals surface area (Å²) >= 11 is 0. The number of hydrogen-bond donors (Lipinski definition) is 1. The quantitative estimate of drug-likeness (QED) is 0.880. The summed E-state index contributed by atoms with van der Waals surface area (Å²) in [5.41, 5.74) is 2.34. The van der Waals surface area contributed by atoms with Gasteiger partial charge in [-0.05, 0) is 12.1 Å². The molecule has 0 unspecified atom stereocenters. The van der Waals surface area contributed by atoms with E-state index in [0.717, 1.165) is 23.4 Å². The normalized spacial score (nSPS) is 14.8. The van der Waals surface area contributed by atoms with E-state index >= 15 is 0 Å². The molecule has 4 nitrogen and oxygen atoms in total. The lowest BCUT2D eigenvalue weighted by molar-refractivity contribution is -0.137. The molecule has 1 aromatic heterocycles. The minimum atomic E-state index is -4.35. The Labute approximate surface area is 124 Å². The Balaban J connectivity index is 1.94. The van der Waals surface area contributed by atoms with Gasteiger partial charge in [-0.15, -0.1) is 0 Å². The largest absolute Gasteiger partial charge is 0.416 e. The van der Waals surface area contributed by atoms with E-state index in [4.69, 9.17) is 0 Å². The molecule has 1 aromatic carbocycles. The molecule has 0 radical (unpaired) electrons. The van der Waals surface area contributed by atoms with Gasteiger partial charge >= 0.3 is 6.18 Å². The number of alkyl halides is 3. The van der Waals surface area contributed by atoms with Crippen molar-refractivity contribution < 1.29 is 18.0 Å². The van der Waals surface area contributed by atoms with Crippen molar-refractivity contribution in [1.29, 1.82) is 0 Å². The van der Waals surface area contributed by atoms with Gasteiger partial charge in [-0.2, -0.15) is 18.3 Å². The molecule has 0 spiro atoms. The molecule has 0 fully saturated rings. The van der Waals surface area contributed by atoms with Crippen LogP contribution >= 0.6 is 0 Å². The van der Waals surface area contributed by atoms with Crippen molar-refractivity contribution in [3.05, 3.63) is 41.1 Å². The van der Waals surface area contributed by atoms with Gasteiger partial charge in [0.2, 0.25) is 5.91 Å². The molecule has 7 heteroatoms. The molecule has 3 rings (SSSR count). The lowest BCUT2D eigenvalue weighted by Crippen LogP contribution is -2.34. The minimum Gasteiger partial charge on any atom is -0.338 e. The number of nitrogens with one attached hydrogen (secondary N) is 1. The van der Waals surface area contributed by atoms with Gasteiger partial charge in [0.25, 0.3) is 0 Å². The zero-order chi connectivity index (χ0) is 15.9. The third kappa shape index (κ3) is 2.58. The van der Waals surface area contributed by atoms with Gasteiger partial charge in [0, 0.05) is 43.3 Å². The fourth-order valence-electron chi connectivity index (χ4n) is 2.62. The third-order valence-electron chi connectivity index (χ3n) is 3.86. The van der Waals surface area contributed by atoms with Crippen LogP contribution in [0.4, 0.5) is 13.2 Å². The van der Waals surface area contributed by atoms with Crippen LogP contribution in [0, 0.1) is 0 Å². The molecular formula is C15H14F3N3O. The van der Waals surface area contributed by atoms with E-state index in [1.54, 1.807) is 4.90 Å². The van der Waals surface area contributed by atoms with Crippen molar-refractivity contribution >= 4 is 5.91 Å². The molecule has 1 aliphatic rings. The second-order valence-electron chi connectivity index (χ2n) is 5.30. The molecule has 0 saturated heterocycles. The Morgan fingerprint density at radius 3 is 2.55 bits per heavy atom. The molecule has 1 N–H and O–H groups in total. The summed E-state index contributed by atoms with van der Waals surface area (Å²) < 4.78 is 37.8. The van der Waals surface area contributed by atoms with Crippen molar-refractivity contribution in [3.8, 4) is 11.3 Å². The van der Waals surface area contributed by atoms with Gasteiger partial charge in [-0.25, -0.2) is 0 Å². The molecule has 0 atom stereocenters. The predicted octanol–water partition coefficient (Wildman–Crippen LogP) is 3.00.